The highest BCUT2D eigenvalue weighted by Crippen LogP contribution is 2.35. The van der Waals surface area contributed by atoms with Crippen LogP contribution in [-0.2, 0) is 0 Å². The summed E-state index contributed by atoms with van der Waals surface area (Å²) in [7, 11) is 0. The summed E-state index contributed by atoms with van der Waals surface area (Å²) in [5.74, 6) is -4.46. The van der Waals surface area contributed by atoms with E-state index in [-0.39, 0.29) is 23.0 Å². The van der Waals surface area contributed by atoms with Crippen molar-refractivity contribution in [1.82, 2.24) is 0 Å². The van der Waals surface area contributed by atoms with Crippen LogP contribution in [0.2, 0.25) is 0 Å². The van der Waals surface area contributed by atoms with Crippen molar-refractivity contribution in [3.05, 3.63) is 78.4 Å². The lowest BCUT2D eigenvalue weighted by molar-refractivity contribution is -0.276. The molecule has 2 nitrogen and oxygen atoms in total. The van der Waals surface area contributed by atoms with E-state index in [0.29, 0.717) is 16.7 Å². The fourth-order valence-electron chi connectivity index (χ4n) is 2.80. The maximum atomic E-state index is 14.3. The minimum Gasteiger partial charge on any atom is -0.399 e. The van der Waals surface area contributed by atoms with Crippen LogP contribution in [-0.4, -0.2) is 12.1 Å². The molecule has 3 aromatic carbocycles. The number of hydrogen-bond acceptors (Lipinski definition) is 2. The Morgan fingerprint density at radius 3 is 2.25 bits per heavy atom. The zero-order valence-corrected chi connectivity index (χ0v) is 14.3. The van der Waals surface area contributed by atoms with Crippen LogP contribution in [0.15, 0.2) is 61.2 Å². The Bertz CT molecular complexity index is 1050. The van der Waals surface area contributed by atoms with Crippen LogP contribution < -0.4 is 4.74 Å². The van der Waals surface area contributed by atoms with Crippen LogP contribution >= 0.6 is 0 Å². The standard InChI is InChI=1S/C21H13F5O2/c1-2-3-18(27)13-6-4-12(5-7-13)14-8-9-16-15(10-14)11-17(22)20(19(16)23)28-21(24,25)26/h2,4-11H,1,3H2. The quantitative estimate of drug-likeness (QED) is 0.284. The molecule has 0 aromatic heterocycles. The van der Waals surface area contributed by atoms with E-state index in [1.165, 1.54) is 24.3 Å². The minimum atomic E-state index is -5.21. The molecular weight excluding hydrogens is 379 g/mol. The van der Waals surface area contributed by atoms with E-state index < -0.39 is 23.7 Å². The number of ether oxygens (including phenoxy) is 1. The maximum absolute atomic E-state index is 14.3. The van der Waals surface area contributed by atoms with Crippen LogP contribution in [0.5, 0.6) is 5.75 Å². The summed E-state index contributed by atoms with van der Waals surface area (Å²) in [6, 6.07) is 11.5. The number of rotatable bonds is 5. The molecule has 7 heteroatoms. The van der Waals surface area contributed by atoms with Gasteiger partial charge < -0.3 is 4.74 Å². The molecule has 0 aliphatic carbocycles. The zero-order chi connectivity index (χ0) is 20.5. The van der Waals surface area contributed by atoms with Gasteiger partial charge in [-0.15, -0.1) is 19.8 Å². The summed E-state index contributed by atoms with van der Waals surface area (Å²) in [5.41, 5.74) is 1.75. The molecule has 3 aromatic rings. The SMILES string of the molecule is C=CCC(=O)c1ccc(-c2ccc3c(F)c(OC(F)(F)F)c(F)cc3c2)cc1. The highest BCUT2D eigenvalue weighted by molar-refractivity contribution is 5.97. The molecule has 0 saturated carbocycles. The van der Waals surface area contributed by atoms with Gasteiger partial charge in [0.2, 0.25) is 5.75 Å². The van der Waals surface area contributed by atoms with Crippen molar-refractivity contribution in [1.29, 1.82) is 0 Å². The summed E-state index contributed by atoms with van der Waals surface area (Å²) < 4.78 is 68.7. The van der Waals surface area contributed by atoms with E-state index in [9.17, 15) is 26.7 Å². The second-order valence-corrected chi connectivity index (χ2v) is 5.98. The Labute approximate surface area is 156 Å². The topological polar surface area (TPSA) is 26.3 Å². The predicted octanol–water partition coefficient (Wildman–Crippen LogP) is 6.44. The minimum absolute atomic E-state index is 0.0776. The summed E-state index contributed by atoms with van der Waals surface area (Å²) in [4.78, 5) is 11.8. The largest absolute Gasteiger partial charge is 0.573 e. The first-order valence-electron chi connectivity index (χ1n) is 8.11. The molecule has 0 radical (unpaired) electrons. The van der Waals surface area contributed by atoms with Gasteiger partial charge in [-0.2, -0.15) is 0 Å². The van der Waals surface area contributed by atoms with E-state index in [1.54, 1.807) is 24.3 Å². The molecule has 28 heavy (non-hydrogen) atoms. The Kier molecular flexibility index (Phi) is 5.18. The number of allylic oxidation sites excluding steroid dienone is 1. The second-order valence-electron chi connectivity index (χ2n) is 5.98. The number of benzene rings is 3. The van der Waals surface area contributed by atoms with Crippen molar-refractivity contribution in [3.63, 3.8) is 0 Å². The number of fused-ring (bicyclic) bond motifs is 1. The van der Waals surface area contributed by atoms with Gasteiger partial charge in [-0.1, -0.05) is 42.5 Å². The Hall–Kier alpha value is -3.22. The van der Waals surface area contributed by atoms with E-state index in [1.807, 2.05) is 0 Å². The number of ketones is 1. The lowest BCUT2D eigenvalue weighted by Crippen LogP contribution is -2.19. The van der Waals surface area contributed by atoms with E-state index in [2.05, 4.69) is 11.3 Å². The molecule has 0 bridgehead atoms. The van der Waals surface area contributed by atoms with E-state index in [0.717, 1.165) is 6.07 Å². The third-order valence-corrected chi connectivity index (χ3v) is 4.07. The second kappa shape index (κ2) is 7.42. The predicted molar refractivity (Wildman–Crippen MR) is 95.1 cm³/mol. The monoisotopic (exact) mass is 392 g/mol. The van der Waals surface area contributed by atoms with Gasteiger partial charge in [0.1, 0.15) is 0 Å². The van der Waals surface area contributed by atoms with Gasteiger partial charge in [0.05, 0.1) is 0 Å². The van der Waals surface area contributed by atoms with Crippen molar-refractivity contribution >= 4 is 16.6 Å². The first-order chi connectivity index (χ1) is 13.2. The van der Waals surface area contributed by atoms with Crippen molar-refractivity contribution in [2.75, 3.05) is 0 Å². The molecule has 0 aliphatic heterocycles. The molecule has 3 rings (SSSR count). The zero-order valence-electron chi connectivity index (χ0n) is 14.3. The van der Waals surface area contributed by atoms with Crippen LogP contribution in [0.3, 0.4) is 0 Å². The summed E-state index contributed by atoms with van der Waals surface area (Å²) in [5, 5.41) is -0.129. The Balaban J connectivity index is 2.00. The fraction of sp³-hybridized carbons (Fsp3) is 0.0952. The Morgan fingerprint density at radius 2 is 1.64 bits per heavy atom. The first kappa shape index (κ1) is 19.5. The molecule has 0 heterocycles. The van der Waals surface area contributed by atoms with E-state index >= 15 is 0 Å². The number of hydrogen-bond donors (Lipinski definition) is 0. The molecule has 0 spiro atoms. The van der Waals surface area contributed by atoms with Crippen LogP contribution in [0, 0.1) is 11.6 Å². The van der Waals surface area contributed by atoms with Crippen LogP contribution in [0.1, 0.15) is 16.8 Å². The van der Waals surface area contributed by atoms with Gasteiger partial charge in [-0.3, -0.25) is 4.79 Å². The van der Waals surface area contributed by atoms with Gasteiger partial charge >= 0.3 is 6.36 Å². The molecule has 0 amide bonds. The third kappa shape index (κ3) is 4.03. The fourth-order valence-corrected chi connectivity index (χ4v) is 2.80. The Morgan fingerprint density at radius 1 is 1.00 bits per heavy atom. The summed E-state index contributed by atoms with van der Waals surface area (Å²) >= 11 is 0. The molecule has 144 valence electrons. The molecule has 0 aliphatic rings. The third-order valence-electron chi connectivity index (χ3n) is 4.07. The van der Waals surface area contributed by atoms with Gasteiger partial charge in [-0.25, -0.2) is 8.78 Å². The maximum Gasteiger partial charge on any atom is 0.573 e. The molecular formula is C21H13F5O2. The number of carbonyl (C=O) groups is 1. The number of halogens is 5. The van der Waals surface area contributed by atoms with Crippen LogP contribution in [0.25, 0.3) is 21.9 Å². The molecule has 0 N–H and O–H groups in total. The highest BCUT2D eigenvalue weighted by Gasteiger charge is 2.34. The molecule has 0 unspecified atom stereocenters. The number of carbonyl (C=O) groups excluding carboxylic acids is 1. The summed E-state index contributed by atoms with van der Waals surface area (Å²) in [6.45, 7) is 3.51. The van der Waals surface area contributed by atoms with E-state index in [4.69, 9.17) is 0 Å². The van der Waals surface area contributed by atoms with Crippen LogP contribution in [0.4, 0.5) is 22.0 Å². The average Bonchev–Trinajstić information content (AvgIpc) is 2.64. The molecule has 0 atom stereocenters. The average molecular weight is 392 g/mol. The smallest absolute Gasteiger partial charge is 0.399 e. The van der Waals surface area contributed by atoms with Crippen molar-refractivity contribution in [2.45, 2.75) is 12.8 Å². The van der Waals surface area contributed by atoms with Gasteiger partial charge in [0.15, 0.2) is 17.4 Å². The number of alkyl halides is 3. The van der Waals surface area contributed by atoms with Crippen molar-refractivity contribution in [2.24, 2.45) is 0 Å². The van der Waals surface area contributed by atoms with Crippen molar-refractivity contribution < 1.29 is 31.5 Å². The lowest BCUT2D eigenvalue weighted by atomic mass is 9.98. The summed E-state index contributed by atoms with van der Waals surface area (Å²) in [6.07, 6.45) is -3.50. The molecule has 0 fully saturated rings. The van der Waals surface area contributed by atoms with Gasteiger partial charge in [0.25, 0.3) is 0 Å². The normalized spacial score (nSPS) is 11.5. The van der Waals surface area contributed by atoms with Crippen molar-refractivity contribution in [3.8, 4) is 16.9 Å². The van der Waals surface area contributed by atoms with Gasteiger partial charge in [0, 0.05) is 17.4 Å². The van der Waals surface area contributed by atoms with Gasteiger partial charge in [-0.05, 0) is 28.6 Å². The highest BCUT2D eigenvalue weighted by atomic mass is 19.4. The molecule has 0 saturated heterocycles. The first-order valence-corrected chi connectivity index (χ1v) is 8.11. The lowest BCUT2D eigenvalue weighted by Gasteiger charge is -2.13. The number of Topliss-reactive ketones (excluding diaryl/α,β-unsaturated/α-hetero) is 1.